The van der Waals surface area contributed by atoms with Crippen molar-refractivity contribution >= 4 is 29.1 Å². The summed E-state index contributed by atoms with van der Waals surface area (Å²) in [4.78, 5) is 25.5. The molecule has 0 aliphatic heterocycles. The fraction of sp³-hybridized carbons (Fsp3) is 0.500. The van der Waals surface area contributed by atoms with Crippen LogP contribution in [0.25, 0.3) is 0 Å². The van der Waals surface area contributed by atoms with Crippen LogP contribution in [0.5, 0.6) is 11.5 Å². The quantitative estimate of drug-likeness (QED) is 0.827. The highest BCUT2D eigenvalue weighted by molar-refractivity contribution is 6.32. The Bertz CT molecular complexity index is 577. The summed E-state index contributed by atoms with van der Waals surface area (Å²) in [5.74, 6) is 0.260. The van der Waals surface area contributed by atoms with E-state index in [4.69, 9.17) is 21.1 Å². The van der Waals surface area contributed by atoms with Crippen LogP contribution in [0, 0.1) is 0 Å². The summed E-state index contributed by atoms with van der Waals surface area (Å²) in [5, 5.41) is 3.19. The van der Waals surface area contributed by atoms with Gasteiger partial charge in [-0.1, -0.05) is 18.5 Å². The van der Waals surface area contributed by atoms with E-state index in [0.29, 0.717) is 22.2 Å². The van der Waals surface area contributed by atoms with E-state index in [0.717, 1.165) is 6.42 Å². The Morgan fingerprint density at radius 3 is 2.35 bits per heavy atom. The number of carbonyl (C=O) groups excluding carboxylic acids is 2. The molecule has 1 unspecified atom stereocenters. The molecule has 1 rings (SSSR count). The first-order valence-electron chi connectivity index (χ1n) is 7.33. The maximum Gasteiger partial charge on any atom is 0.240 e. The largest absolute Gasteiger partial charge is 0.495 e. The van der Waals surface area contributed by atoms with Crippen molar-refractivity contribution in [2.75, 3.05) is 25.7 Å². The Hall–Kier alpha value is -1.95. The molecule has 1 aromatic carbocycles. The van der Waals surface area contributed by atoms with Gasteiger partial charge in [-0.15, -0.1) is 0 Å². The lowest BCUT2D eigenvalue weighted by Gasteiger charge is -2.24. The Labute approximate surface area is 141 Å². The third-order valence-corrected chi connectivity index (χ3v) is 3.74. The minimum atomic E-state index is -0.285. The molecule has 0 aliphatic carbocycles. The molecule has 0 fully saturated rings. The highest BCUT2D eigenvalue weighted by Gasteiger charge is 2.22. The molecule has 23 heavy (non-hydrogen) atoms. The molecule has 7 heteroatoms. The van der Waals surface area contributed by atoms with Gasteiger partial charge in [0.1, 0.15) is 18.0 Å². The van der Waals surface area contributed by atoms with Gasteiger partial charge in [-0.25, -0.2) is 0 Å². The van der Waals surface area contributed by atoms with Crippen LogP contribution < -0.4 is 19.7 Å². The molecule has 0 spiro atoms. The van der Waals surface area contributed by atoms with Gasteiger partial charge in [-0.3, -0.25) is 14.5 Å². The van der Waals surface area contributed by atoms with Crippen molar-refractivity contribution in [3.8, 4) is 11.5 Å². The van der Waals surface area contributed by atoms with E-state index in [-0.39, 0.29) is 24.4 Å². The molecule has 0 heterocycles. The predicted octanol–water partition coefficient (Wildman–Crippen LogP) is 2.62. The number of methoxy groups -OCH3 is 2. The lowest BCUT2D eigenvalue weighted by atomic mass is 10.2. The zero-order valence-electron chi connectivity index (χ0n) is 14.1. The summed E-state index contributed by atoms with van der Waals surface area (Å²) in [6.07, 6.45) is 0.809. The van der Waals surface area contributed by atoms with Crippen molar-refractivity contribution in [1.82, 2.24) is 5.32 Å². The van der Waals surface area contributed by atoms with Gasteiger partial charge < -0.3 is 14.8 Å². The van der Waals surface area contributed by atoms with Gasteiger partial charge in [-0.05, 0) is 13.3 Å². The van der Waals surface area contributed by atoms with E-state index in [1.807, 2.05) is 13.8 Å². The number of hydrogen-bond donors (Lipinski definition) is 1. The monoisotopic (exact) mass is 342 g/mol. The first kappa shape index (κ1) is 19.1. The minimum Gasteiger partial charge on any atom is -0.495 e. The second-order valence-electron chi connectivity index (χ2n) is 5.14. The van der Waals surface area contributed by atoms with Crippen molar-refractivity contribution in [3.63, 3.8) is 0 Å². The maximum absolute atomic E-state index is 12.1. The second-order valence-corrected chi connectivity index (χ2v) is 5.55. The van der Waals surface area contributed by atoms with Crippen molar-refractivity contribution in [2.24, 2.45) is 0 Å². The second kappa shape index (κ2) is 8.62. The topological polar surface area (TPSA) is 67.9 Å². The molecule has 0 saturated heterocycles. The van der Waals surface area contributed by atoms with E-state index in [1.54, 1.807) is 12.1 Å². The molecule has 0 aromatic heterocycles. The van der Waals surface area contributed by atoms with Gasteiger partial charge in [0.05, 0.1) is 24.9 Å². The molecule has 0 bridgehead atoms. The third-order valence-electron chi connectivity index (χ3n) is 3.45. The van der Waals surface area contributed by atoms with Crippen LogP contribution in [0.1, 0.15) is 27.2 Å². The van der Waals surface area contributed by atoms with Gasteiger partial charge in [0.15, 0.2) is 0 Å². The molecule has 6 nitrogen and oxygen atoms in total. The fourth-order valence-electron chi connectivity index (χ4n) is 1.99. The van der Waals surface area contributed by atoms with E-state index in [1.165, 1.54) is 26.0 Å². The lowest BCUT2D eigenvalue weighted by molar-refractivity contribution is -0.123. The summed E-state index contributed by atoms with van der Waals surface area (Å²) in [7, 11) is 2.95. The normalized spacial score (nSPS) is 11.6. The molecular weight excluding hydrogens is 320 g/mol. The summed E-state index contributed by atoms with van der Waals surface area (Å²) >= 11 is 6.07. The Morgan fingerprint density at radius 1 is 1.26 bits per heavy atom. The number of halogens is 1. The highest BCUT2D eigenvalue weighted by atomic mass is 35.5. The Balaban J connectivity index is 3.15. The van der Waals surface area contributed by atoms with Gasteiger partial charge in [0.2, 0.25) is 11.8 Å². The summed E-state index contributed by atoms with van der Waals surface area (Å²) in [6.45, 7) is 5.15. The van der Waals surface area contributed by atoms with Crippen LogP contribution >= 0.6 is 11.6 Å². The number of amides is 2. The molecule has 0 saturated carbocycles. The minimum absolute atomic E-state index is 0.0398. The van der Waals surface area contributed by atoms with Crippen LogP contribution in [0.4, 0.5) is 5.69 Å². The fourth-order valence-corrected chi connectivity index (χ4v) is 2.22. The number of nitrogens with zero attached hydrogens (tertiary/aromatic N) is 1. The van der Waals surface area contributed by atoms with Crippen LogP contribution in [-0.2, 0) is 9.59 Å². The van der Waals surface area contributed by atoms with Crippen LogP contribution in [0.15, 0.2) is 12.1 Å². The van der Waals surface area contributed by atoms with Crippen molar-refractivity contribution in [3.05, 3.63) is 17.2 Å². The predicted molar refractivity (Wildman–Crippen MR) is 90.5 cm³/mol. The number of rotatable bonds is 7. The third kappa shape index (κ3) is 5.03. The van der Waals surface area contributed by atoms with Gasteiger partial charge >= 0.3 is 0 Å². The molecule has 1 aromatic rings. The Morgan fingerprint density at radius 2 is 1.87 bits per heavy atom. The van der Waals surface area contributed by atoms with E-state index in [9.17, 15) is 9.59 Å². The molecule has 0 radical (unpaired) electrons. The first-order chi connectivity index (χ1) is 10.8. The van der Waals surface area contributed by atoms with E-state index >= 15 is 0 Å². The standard InChI is InChI=1S/C16H23ClN2O4/c1-6-10(2)18-16(21)9-19(11(3)20)13-8-14(22-4)12(17)7-15(13)23-5/h7-8,10H,6,9H2,1-5H3,(H,18,21). The van der Waals surface area contributed by atoms with Crippen molar-refractivity contribution < 1.29 is 19.1 Å². The Kier molecular flexibility index (Phi) is 7.16. The van der Waals surface area contributed by atoms with Crippen molar-refractivity contribution in [2.45, 2.75) is 33.2 Å². The van der Waals surface area contributed by atoms with Gasteiger partial charge in [0.25, 0.3) is 0 Å². The number of benzene rings is 1. The average molecular weight is 343 g/mol. The smallest absolute Gasteiger partial charge is 0.240 e. The summed E-state index contributed by atoms with van der Waals surface area (Å²) in [6, 6.07) is 3.18. The molecule has 0 aliphatic rings. The molecule has 1 atom stereocenters. The number of ether oxygens (including phenoxy) is 2. The number of hydrogen-bond acceptors (Lipinski definition) is 4. The molecule has 1 N–H and O–H groups in total. The zero-order chi connectivity index (χ0) is 17.6. The van der Waals surface area contributed by atoms with Gasteiger partial charge in [-0.2, -0.15) is 0 Å². The van der Waals surface area contributed by atoms with E-state index in [2.05, 4.69) is 5.32 Å². The first-order valence-corrected chi connectivity index (χ1v) is 7.70. The van der Waals surface area contributed by atoms with Gasteiger partial charge in [0, 0.05) is 25.1 Å². The molecule has 128 valence electrons. The number of anilines is 1. The summed E-state index contributed by atoms with van der Waals surface area (Å²) < 4.78 is 10.5. The average Bonchev–Trinajstić information content (AvgIpc) is 2.52. The van der Waals surface area contributed by atoms with Crippen LogP contribution in [0.2, 0.25) is 5.02 Å². The zero-order valence-corrected chi connectivity index (χ0v) is 14.9. The maximum atomic E-state index is 12.1. The van der Waals surface area contributed by atoms with Crippen molar-refractivity contribution in [1.29, 1.82) is 0 Å². The number of carbonyl (C=O) groups is 2. The number of nitrogens with one attached hydrogen (secondary N) is 1. The van der Waals surface area contributed by atoms with Crippen LogP contribution in [-0.4, -0.2) is 38.6 Å². The van der Waals surface area contributed by atoms with E-state index < -0.39 is 0 Å². The molecule has 2 amide bonds. The van der Waals surface area contributed by atoms with Crippen LogP contribution in [0.3, 0.4) is 0 Å². The summed E-state index contributed by atoms with van der Waals surface area (Å²) in [5.41, 5.74) is 0.431. The lowest BCUT2D eigenvalue weighted by Crippen LogP contribution is -2.42. The highest BCUT2D eigenvalue weighted by Crippen LogP contribution is 2.38. The molecular formula is C16H23ClN2O4. The SMILES string of the molecule is CCC(C)NC(=O)CN(C(C)=O)c1cc(OC)c(Cl)cc1OC.